The summed E-state index contributed by atoms with van der Waals surface area (Å²) in [4.78, 5) is 14.3. The van der Waals surface area contributed by atoms with Gasteiger partial charge in [-0.3, -0.25) is 15.0 Å². The van der Waals surface area contributed by atoms with Gasteiger partial charge in [-0.2, -0.15) is 0 Å². The van der Waals surface area contributed by atoms with E-state index in [2.05, 4.69) is 0 Å². The second kappa shape index (κ2) is 25.9. The zero-order valence-corrected chi connectivity index (χ0v) is 7.20. The van der Waals surface area contributed by atoms with Gasteiger partial charge < -0.3 is 16.5 Å². The van der Waals surface area contributed by atoms with Crippen LogP contribution in [0.25, 0.3) is 0 Å². The quantitative estimate of drug-likeness (QED) is 0.157. The van der Waals surface area contributed by atoms with Gasteiger partial charge in [-0.15, -0.1) is 0 Å². The van der Waals surface area contributed by atoms with Gasteiger partial charge in [0.2, 0.25) is 0 Å². The van der Waals surface area contributed by atoms with Crippen LogP contribution in [0.5, 0.6) is 0 Å². The van der Waals surface area contributed by atoms with Crippen LogP contribution in [0.3, 0.4) is 0 Å². The molecule has 6 nitrogen and oxygen atoms in total. The Bertz CT molecular complexity index is 36.0. The zero-order chi connectivity index (χ0) is 5.58. The van der Waals surface area contributed by atoms with Crippen molar-refractivity contribution in [3.63, 3.8) is 0 Å². The monoisotopic (exact) mass is 154 g/mol. The molecule has 0 unspecified atom stereocenters. The first-order valence-corrected chi connectivity index (χ1v) is 2.15. The Kier molecular flexibility index (Phi) is 76.4. The molecule has 0 aliphatic rings. The summed E-state index contributed by atoms with van der Waals surface area (Å²) in [6.07, 6.45) is 0. The standard InChI is InChI=1S/Na.H2O3Si.H2O2.H2O.H/c;1-4(2)3;1-2;;/h;1-2H;1-2H;1H2;/q+1;;;;-1. The van der Waals surface area contributed by atoms with E-state index in [0.29, 0.717) is 0 Å². The predicted octanol–water partition coefficient (Wildman–Crippen LogP) is -5.30. The predicted molar refractivity (Wildman–Crippen MR) is 20.9 cm³/mol. The van der Waals surface area contributed by atoms with Gasteiger partial charge in [0.05, 0.1) is 0 Å². The Morgan fingerprint density at radius 1 is 1.25 bits per heavy atom. The van der Waals surface area contributed by atoms with Crippen molar-refractivity contribution < 1.29 is 61.0 Å². The summed E-state index contributed by atoms with van der Waals surface area (Å²) >= 11 is 0. The molecule has 0 aromatic carbocycles. The van der Waals surface area contributed by atoms with E-state index in [-0.39, 0.29) is 36.5 Å². The first-order chi connectivity index (χ1) is 2.73. The summed E-state index contributed by atoms with van der Waals surface area (Å²) < 4.78 is 8.74. The van der Waals surface area contributed by atoms with Crippen molar-refractivity contribution in [3.8, 4) is 0 Å². The minimum absolute atomic E-state index is 0. The van der Waals surface area contributed by atoms with E-state index in [0.717, 1.165) is 0 Å². The van der Waals surface area contributed by atoms with Crippen LogP contribution in [-0.2, 0) is 4.46 Å². The van der Waals surface area contributed by atoms with Gasteiger partial charge in [-0.25, -0.2) is 0 Å². The number of hydrogen-bond acceptors (Lipinski definition) is 3. The van der Waals surface area contributed by atoms with Crippen molar-refractivity contribution in [2.45, 2.75) is 0 Å². The summed E-state index contributed by atoms with van der Waals surface area (Å²) in [7, 11) is -3.13. The third-order valence-electron chi connectivity index (χ3n) is 0. The third-order valence-corrected chi connectivity index (χ3v) is 0. The Balaban J connectivity index is -0.00000000990. The summed E-state index contributed by atoms with van der Waals surface area (Å²) in [6.45, 7) is 0. The molecule has 0 atom stereocenters. The van der Waals surface area contributed by atoms with Crippen molar-refractivity contribution in [1.82, 2.24) is 0 Å². The molecule has 0 aliphatic carbocycles. The maximum atomic E-state index is 8.74. The second-order valence-electron chi connectivity index (χ2n) is 0.283. The first-order valence-electron chi connectivity index (χ1n) is 0.851. The van der Waals surface area contributed by atoms with Crippen molar-refractivity contribution in [3.05, 3.63) is 0 Å². The van der Waals surface area contributed by atoms with Crippen LogP contribution in [0.1, 0.15) is 1.43 Å². The minimum Gasteiger partial charge on any atom is -1.00 e. The van der Waals surface area contributed by atoms with Crippen LogP contribution in [-0.4, -0.2) is 34.8 Å². The molecule has 0 rings (SSSR count). The van der Waals surface area contributed by atoms with E-state index in [1.807, 2.05) is 0 Å². The molecule has 0 aliphatic heterocycles. The fraction of sp³-hybridized carbons (Fsp3) is 0. The van der Waals surface area contributed by atoms with Crippen LogP contribution in [0.4, 0.5) is 0 Å². The van der Waals surface area contributed by atoms with Gasteiger partial charge >= 0.3 is 38.7 Å². The molecule has 0 spiro atoms. The van der Waals surface area contributed by atoms with E-state index in [4.69, 9.17) is 24.6 Å². The molecule has 48 valence electrons. The van der Waals surface area contributed by atoms with Crippen molar-refractivity contribution in [2.24, 2.45) is 0 Å². The normalized spacial score (nSPS) is 3.75. The average Bonchev–Trinajstić information content (AvgIpc) is 1.41. The fourth-order valence-corrected chi connectivity index (χ4v) is 0. The number of hydrogen-bond donors (Lipinski definition) is 4. The molecule has 0 aromatic rings. The van der Waals surface area contributed by atoms with Crippen LogP contribution < -0.4 is 29.6 Å². The summed E-state index contributed by atoms with van der Waals surface area (Å²) in [5.74, 6) is 0. The van der Waals surface area contributed by atoms with E-state index >= 15 is 0 Å². The molecule has 0 aromatic heterocycles. The smallest absolute Gasteiger partial charge is 1.00 e. The van der Waals surface area contributed by atoms with Crippen LogP contribution in [0, 0.1) is 0 Å². The van der Waals surface area contributed by atoms with Gasteiger partial charge in [-0.05, 0) is 0 Å². The molecule has 6 N–H and O–H groups in total. The van der Waals surface area contributed by atoms with Gasteiger partial charge in [0.25, 0.3) is 0 Å². The van der Waals surface area contributed by atoms with E-state index < -0.39 is 9.17 Å². The zero-order valence-electron chi connectivity index (χ0n) is 5.20. The van der Waals surface area contributed by atoms with Crippen molar-refractivity contribution in [2.75, 3.05) is 0 Å². The van der Waals surface area contributed by atoms with E-state index in [1.54, 1.807) is 0 Å². The molecule has 0 radical (unpaired) electrons. The molecule has 8 heteroatoms. The van der Waals surface area contributed by atoms with E-state index in [9.17, 15) is 0 Å². The Morgan fingerprint density at radius 2 is 1.25 bits per heavy atom. The third kappa shape index (κ3) is 795. The molecule has 0 bridgehead atoms. The summed E-state index contributed by atoms with van der Waals surface area (Å²) in [6, 6.07) is 0. The maximum Gasteiger partial charge on any atom is 1.00 e. The number of rotatable bonds is 0. The molecule has 0 fully saturated rings. The molecular formula is H7NaO6Si. The topological polar surface area (TPSA) is 129 Å². The van der Waals surface area contributed by atoms with Crippen LogP contribution >= 0.6 is 0 Å². The van der Waals surface area contributed by atoms with Gasteiger partial charge in [0.15, 0.2) is 0 Å². The van der Waals surface area contributed by atoms with Gasteiger partial charge in [0.1, 0.15) is 0 Å². The van der Waals surface area contributed by atoms with Crippen LogP contribution in [0.2, 0.25) is 0 Å². The Hall–Kier alpha value is 0.497. The van der Waals surface area contributed by atoms with Crippen molar-refractivity contribution in [1.29, 1.82) is 0 Å². The van der Waals surface area contributed by atoms with E-state index in [1.165, 1.54) is 0 Å². The van der Waals surface area contributed by atoms with Gasteiger partial charge in [0, 0.05) is 0 Å². The van der Waals surface area contributed by atoms with Crippen molar-refractivity contribution >= 4 is 9.17 Å². The summed E-state index contributed by atoms with van der Waals surface area (Å²) in [5, 5.41) is 12.0. The fourth-order valence-electron chi connectivity index (χ4n) is 0. The molecule has 0 amide bonds. The second-order valence-corrected chi connectivity index (χ2v) is 0.848. The first kappa shape index (κ1) is 23.6. The molecule has 0 heterocycles. The van der Waals surface area contributed by atoms with Gasteiger partial charge in [-0.1, -0.05) is 0 Å². The molecular weight excluding hydrogens is 147 g/mol. The molecule has 0 saturated heterocycles. The maximum absolute atomic E-state index is 8.74. The Morgan fingerprint density at radius 3 is 1.25 bits per heavy atom. The van der Waals surface area contributed by atoms with Crippen LogP contribution in [0.15, 0.2) is 0 Å². The summed E-state index contributed by atoms with van der Waals surface area (Å²) in [5.41, 5.74) is 0. The SMILES string of the molecule is O.O=[Si](O)O.OO.[H-].[Na+]. The minimum atomic E-state index is -3.13. The molecule has 8 heavy (non-hydrogen) atoms. The average molecular weight is 154 g/mol. The molecule has 0 saturated carbocycles. The Labute approximate surface area is 70.3 Å². The largest absolute Gasteiger partial charge is 1.00 e.